The lowest BCUT2D eigenvalue weighted by atomic mass is 10.0. The molecule has 5 heteroatoms. The quantitative estimate of drug-likeness (QED) is 0.844. The molecule has 0 radical (unpaired) electrons. The van der Waals surface area contributed by atoms with Crippen molar-refractivity contribution in [2.45, 2.75) is 16.9 Å². The molecule has 1 aliphatic rings. The smallest absolute Gasteiger partial charge is 0.228 e. The van der Waals surface area contributed by atoms with E-state index in [1.54, 1.807) is 18.9 Å². The molecule has 1 N–H and O–H groups in total. The van der Waals surface area contributed by atoms with E-state index in [1.807, 2.05) is 18.2 Å². The highest BCUT2D eigenvalue weighted by atomic mass is 35.5. The van der Waals surface area contributed by atoms with Crippen molar-refractivity contribution in [2.24, 2.45) is 0 Å². The highest BCUT2D eigenvalue weighted by Crippen LogP contribution is 2.39. The van der Waals surface area contributed by atoms with E-state index in [1.165, 1.54) is 4.90 Å². The Balaban J connectivity index is 2.03. The molecule has 2 unspecified atom stereocenters. The third-order valence-electron chi connectivity index (χ3n) is 2.92. The minimum absolute atomic E-state index is 0.0372. The molecule has 0 fully saturated rings. The number of carbonyl (C=O) groups excluding carboxylic acids is 1. The highest BCUT2D eigenvalue weighted by Gasteiger charge is 2.29. The van der Waals surface area contributed by atoms with Crippen molar-refractivity contribution in [1.29, 1.82) is 0 Å². The van der Waals surface area contributed by atoms with Gasteiger partial charge >= 0.3 is 0 Å². The van der Waals surface area contributed by atoms with Gasteiger partial charge in [0, 0.05) is 23.6 Å². The van der Waals surface area contributed by atoms with Crippen LogP contribution in [0.1, 0.15) is 11.5 Å². The SMILES string of the molecule is COCC(CCl)NC(=O)C1CSc2ccccc21. The van der Waals surface area contributed by atoms with Crippen LogP contribution in [-0.2, 0) is 9.53 Å². The van der Waals surface area contributed by atoms with Gasteiger partial charge in [0.1, 0.15) is 0 Å². The third kappa shape index (κ3) is 2.99. The van der Waals surface area contributed by atoms with Crippen molar-refractivity contribution in [3.05, 3.63) is 29.8 Å². The van der Waals surface area contributed by atoms with Gasteiger partial charge in [-0.15, -0.1) is 23.4 Å². The van der Waals surface area contributed by atoms with Gasteiger partial charge in [0.25, 0.3) is 0 Å². The van der Waals surface area contributed by atoms with Crippen molar-refractivity contribution in [3.63, 3.8) is 0 Å². The minimum Gasteiger partial charge on any atom is -0.383 e. The average molecular weight is 286 g/mol. The van der Waals surface area contributed by atoms with E-state index < -0.39 is 0 Å². The summed E-state index contributed by atoms with van der Waals surface area (Å²) in [4.78, 5) is 13.4. The molecule has 0 saturated heterocycles. The van der Waals surface area contributed by atoms with Gasteiger partial charge in [0.05, 0.1) is 18.6 Å². The maximum absolute atomic E-state index is 12.2. The van der Waals surface area contributed by atoms with Gasteiger partial charge in [-0.05, 0) is 11.6 Å². The fourth-order valence-corrected chi connectivity index (χ4v) is 3.40. The fourth-order valence-electron chi connectivity index (χ4n) is 2.01. The molecule has 0 bridgehead atoms. The number of fused-ring (bicyclic) bond motifs is 1. The molecule has 1 amide bonds. The lowest BCUT2D eigenvalue weighted by molar-refractivity contribution is -0.123. The molecule has 0 spiro atoms. The first-order valence-corrected chi connectivity index (χ1v) is 7.35. The topological polar surface area (TPSA) is 38.3 Å². The van der Waals surface area contributed by atoms with Gasteiger partial charge in [-0.25, -0.2) is 0 Å². The van der Waals surface area contributed by atoms with Crippen molar-refractivity contribution in [2.75, 3.05) is 25.3 Å². The second-order valence-electron chi connectivity index (χ2n) is 4.22. The first kappa shape index (κ1) is 13.7. The summed E-state index contributed by atoms with van der Waals surface area (Å²) in [5.74, 6) is 1.12. The number of nitrogens with one attached hydrogen (secondary N) is 1. The number of hydrogen-bond acceptors (Lipinski definition) is 3. The maximum atomic E-state index is 12.2. The van der Waals surface area contributed by atoms with Crippen LogP contribution in [-0.4, -0.2) is 37.3 Å². The van der Waals surface area contributed by atoms with Crippen LogP contribution in [0, 0.1) is 0 Å². The van der Waals surface area contributed by atoms with Crippen LogP contribution >= 0.6 is 23.4 Å². The molecular formula is C13H16ClNO2S. The summed E-state index contributed by atoms with van der Waals surface area (Å²) >= 11 is 7.52. The summed E-state index contributed by atoms with van der Waals surface area (Å²) in [5, 5.41) is 2.94. The molecule has 0 aromatic heterocycles. The zero-order valence-electron chi connectivity index (χ0n) is 10.2. The van der Waals surface area contributed by atoms with Crippen molar-refractivity contribution >= 4 is 29.3 Å². The zero-order chi connectivity index (χ0) is 13.0. The fraction of sp³-hybridized carbons (Fsp3) is 0.462. The number of amides is 1. The Bertz CT molecular complexity index is 427. The lowest BCUT2D eigenvalue weighted by Gasteiger charge is -2.18. The van der Waals surface area contributed by atoms with E-state index in [-0.39, 0.29) is 17.9 Å². The van der Waals surface area contributed by atoms with Gasteiger partial charge in [0.2, 0.25) is 5.91 Å². The minimum atomic E-state index is -0.123. The lowest BCUT2D eigenvalue weighted by Crippen LogP contribution is -2.42. The van der Waals surface area contributed by atoms with E-state index in [4.69, 9.17) is 16.3 Å². The van der Waals surface area contributed by atoms with E-state index in [9.17, 15) is 4.79 Å². The molecule has 1 heterocycles. The first-order chi connectivity index (χ1) is 8.76. The van der Waals surface area contributed by atoms with Crippen molar-refractivity contribution in [3.8, 4) is 0 Å². The second kappa shape index (κ2) is 6.45. The molecule has 1 aliphatic heterocycles. The molecule has 3 nitrogen and oxygen atoms in total. The van der Waals surface area contributed by atoms with Crippen LogP contribution in [0.4, 0.5) is 0 Å². The summed E-state index contributed by atoms with van der Waals surface area (Å²) < 4.78 is 5.02. The summed E-state index contributed by atoms with van der Waals surface area (Å²) in [6, 6.07) is 7.92. The predicted molar refractivity (Wildman–Crippen MR) is 74.4 cm³/mol. The van der Waals surface area contributed by atoms with Gasteiger partial charge in [-0.1, -0.05) is 18.2 Å². The maximum Gasteiger partial charge on any atom is 0.228 e. The Morgan fingerprint density at radius 3 is 3.11 bits per heavy atom. The van der Waals surface area contributed by atoms with Gasteiger partial charge in [0.15, 0.2) is 0 Å². The first-order valence-electron chi connectivity index (χ1n) is 5.83. The molecule has 18 heavy (non-hydrogen) atoms. The molecule has 2 atom stereocenters. The molecule has 0 saturated carbocycles. The van der Waals surface area contributed by atoms with Crippen LogP contribution in [0.25, 0.3) is 0 Å². The Hall–Kier alpha value is -0.710. The number of halogens is 1. The second-order valence-corrected chi connectivity index (χ2v) is 5.59. The molecule has 2 rings (SSSR count). The normalized spacial score (nSPS) is 19.3. The van der Waals surface area contributed by atoms with Crippen LogP contribution in [0.15, 0.2) is 29.2 Å². The van der Waals surface area contributed by atoms with Crippen molar-refractivity contribution < 1.29 is 9.53 Å². The number of thioether (sulfide) groups is 1. The average Bonchev–Trinajstić information content (AvgIpc) is 2.82. The van der Waals surface area contributed by atoms with E-state index in [0.29, 0.717) is 12.5 Å². The molecule has 1 aromatic rings. The number of ether oxygens (including phenoxy) is 1. The largest absolute Gasteiger partial charge is 0.383 e. The summed E-state index contributed by atoms with van der Waals surface area (Å²) in [6.07, 6.45) is 0. The Morgan fingerprint density at radius 1 is 1.61 bits per heavy atom. The Kier molecular flexibility index (Phi) is 4.92. The van der Waals surface area contributed by atoms with E-state index in [0.717, 1.165) is 11.3 Å². The molecule has 0 aliphatic carbocycles. The number of carbonyl (C=O) groups is 1. The zero-order valence-corrected chi connectivity index (χ0v) is 11.8. The summed E-state index contributed by atoms with van der Waals surface area (Å²) in [5.41, 5.74) is 1.12. The molecule has 1 aromatic carbocycles. The number of hydrogen-bond donors (Lipinski definition) is 1. The highest BCUT2D eigenvalue weighted by molar-refractivity contribution is 7.99. The molecule has 98 valence electrons. The molecular weight excluding hydrogens is 270 g/mol. The van der Waals surface area contributed by atoms with Crippen LogP contribution in [0.2, 0.25) is 0 Å². The van der Waals surface area contributed by atoms with Crippen LogP contribution in [0.3, 0.4) is 0 Å². The standard InChI is InChI=1S/C13H16ClNO2S/c1-17-7-9(6-14)15-13(16)11-8-18-12-5-3-2-4-10(11)12/h2-5,9,11H,6-8H2,1H3,(H,15,16). The number of rotatable bonds is 5. The Morgan fingerprint density at radius 2 is 2.39 bits per heavy atom. The van der Waals surface area contributed by atoms with E-state index in [2.05, 4.69) is 11.4 Å². The van der Waals surface area contributed by atoms with E-state index >= 15 is 0 Å². The van der Waals surface area contributed by atoms with Gasteiger partial charge in [-0.3, -0.25) is 4.79 Å². The van der Waals surface area contributed by atoms with Gasteiger partial charge < -0.3 is 10.1 Å². The third-order valence-corrected chi connectivity index (χ3v) is 4.47. The monoisotopic (exact) mass is 285 g/mol. The Labute approximate surface area is 116 Å². The van der Waals surface area contributed by atoms with Crippen LogP contribution < -0.4 is 5.32 Å². The van der Waals surface area contributed by atoms with Gasteiger partial charge in [-0.2, -0.15) is 0 Å². The predicted octanol–water partition coefficient (Wildman–Crippen LogP) is 2.25. The number of alkyl halides is 1. The number of benzene rings is 1. The van der Waals surface area contributed by atoms with Crippen LogP contribution in [0.5, 0.6) is 0 Å². The summed E-state index contributed by atoms with van der Waals surface area (Å²) in [7, 11) is 1.60. The summed E-state index contributed by atoms with van der Waals surface area (Å²) in [6.45, 7) is 0.441. The van der Waals surface area contributed by atoms with Crippen molar-refractivity contribution in [1.82, 2.24) is 5.32 Å². The number of methoxy groups -OCH3 is 1.